The van der Waals surface area contributed by atoms with E-state index in [1.807, 2.05) is 0 Å². The highest BCUT2D eigenvalue weighted by Gasteiger charge is 2.16. The summed E-state index contributed by atoms with van der Waals surface area (Å²) in [6.45, 7) is 1.70. The van der Waals surface area contributed by atoms with Crippen molar-refractivity contribution in [2.75, 3.05) is 10.6 Å². The molecule has 1 aliphatic rings. The Balaban J connectivity index is 2.00. The van der Waals surface area contributed by atoms with E-state index in [9.17, 15) is 4.79 Å². The zero-order valence-electron chi connectivity index (χ0n) is 7.47. The van der Waals surface area contributed by atoms with Crippen LogP contribution in [0.1, 0.15) is 17.0 Å². The fourth-order valence-corrected chi connectivity index (χ4v) is 2.60. The molecular formula is C8H10BrN3OS. The van der Waals surface area contributed by atoms with E-state index in [4.69, 9.17) is 0 Å². The number of amides is 1. The van der Waals surface area contributed by atoms with E-state index in [1.165, 1.54) is 4.88 Å². The number of rotatable bonds is 3. The number of carbonyl (C=O) groups is 1. The van der Waals surface area contributed by atoms with E-state index in [2.05, 4.69) is 31.5 Å². The number of nitrogens with zero attached hydrogens (tertiary/aromatic N) is 1. The van der Waals surface area contributed by atoms with Crippen LogP contribution < -0.4 is 10.6 Å². The van der Waals surface area contributed by atoms with E-state index in [-0.39, 0.29) is 5.91 Å². The van der Waals surface area contributed by atoms with Crippen LogP contribution in [0.3, 0.4) is 0 Å². The summed E-state index contributed by atoms with van der Waals surface area (Å²) >= 11 is 4.78. The number of hydrogen-bond donors (Lipinski definition) is 2. The average Bonchev–Trinajstić information content (AvgIpc) is 2.63. The third-order valence-corrected chi connectivity index (χ3v) is 3.33. The molecule has 0 aliphatic carbocycles. The van der Waals surface area contributed by atoms with Crippen LogP contribution in [0.2, 0.25) is 0 Å². The molecule has 1 aromatic rings. The first-order chi connectivity index (χ1) is 6.79. The molecule has 6 heteroatoms. The maximum absolute atomic E-state index is 11.2. The molecule has 0 unspecified atom stereocenters. The third kappa shape index (κ3) is 2.13. The Labute approximate surface area is 94.2 Å². The van der Waals surface area contributed by atoms with Gasteiger partial charge in [-0.2, -0.15) is 0 Å². The molecule has 76 valence electrons. The summed E-state index contributed by atoms with van der Waals surface area (Å²) in [6, 6.07) is 0. The lowest BCUT2D eigenvalue weighted by molar-refractivity contribution is -0.115. The second-order valence-corrected chi connectivity index (χ2v) is 4.86. The molecule has 0 spiro atoms. The minimum atomic E-state index is 0.0160. The standard InChI is InChI=1S/C8H10BrN3OS/c9-2-1-7(13)12-8-11-5-3-10-4-6(5)14-8/h10H,1-4H2,(H,11,12,13). The average molecular weight is 276 g/mol. The van der Waals surface area contributed by atoms with Gasteiger partial charge in [0.05, 0.1) is 5.69 Å². The summed E-state index contributed by atoms with van der Waals surface area (Å²) in [5.41, 5.74) is 1.07. The molecule has 1 aromatic heterocycles. The van der Waals surface area contributed by atoms with E-state index in [0.717, 1.165) is 23.9 Å². The summed E-state index contributed by atoms with van der Waals surface area (Å²) in [5.74, 6) is 0.0160. The van der Waals surface area contributed by atoms with Gasteiger partial charge in [0, 0.05) is 29.7 Å². The molecule has 1 aliphatic heterocycles. The van der Waals surface area contributed by atoms with Crippen molar-refractivity contribution >= 4 is 38.3 Å². The highest BCUT2D eigenvalue weighted by Crippen LogP contribution is 2.26. The van der Waals surface area contributed by atoms with Gasteiger partial charge in [0.1, 0.15) is 0 Å². The fourth-order valence-electron chi connectivity index (χ4n) is 1.28. The summed E-state index contributed by atoms with van der Waals surface area (Å²) in [7, 11) is 0. The first kappa shape index (κ1) is 10.1. The molecule has 0 aromatic carbocycles. The van der Waals surface area contributed by atoms with Crippen molar-refractivity contribution in [1.29, 1.82) is 0 Å². The Bertz CT molecular complexity index is 331. The van der Waals surface area contributed by atoms with E-state index in [0.29, 0.717) is 11.8 Å². The van der Waals surface area contributed by atoms with Crippen LogP contribution in [0.5, 0.6) is 0 Å². The minimum Gasteiger partial charge on any atom is -0.306 e. The summed E-state index contributed by atoms with van der Waals surface area (Å²) in [5, 5.41) is 7.39. The Morgan fingerprint density at radius 1 is 1.64 bits per heavy atom. The Morgan fingerprint density at radius 3 is 3.21 bits per heavy atom. The van der Waals surface area contributed by atoms with E-state index >= 15 is 0 Å². The van der Waals surface area contributed by atoms with Crippen molar-refractivity contribution in [2.24, 2.45) is 0 Å². The van der Waals surface area contributed by atoms with Gasteiger partial charge in [-0.05, 0) is 0 Å². The normalized spacial score (nSPS) is 14.1. The van der Waals surface area contributed by atoms with Gasteiger partial charge in [0.25, 0.3) is 0 Å². The van der Waals surface area contributed by atoms with Gasteiger partial charge in [-0.15, -0.1) is 11.3 Å². The van der Waals surface area contributed by atoms with Gasteiger partial charge in [0.15, 0.2) is 5.13 Å². The molecule has 2 heterocycles. The minimum absolute atomic E-state index is 0.0160. The molecule has 0 fully saturated rings. The van der Waals surface area contributed by atoms with E-state index < -0.39 is 0 Å². The van der Waals surface area contributed by atoms with Gasteiger partial charge in [-0.25, -0.2) is 4.98 Å². The zero-order valence-corrected chi connectivity index (χ0v) is 9.87. The first-order valence-corrected chi connectivity index (χ1v) is 6.28. The number of aromatic nitrogens is 1. The van der Waals surface area contributed by atoms with Gasteiger partial charge in [-0.3, -0.25) is 4.79 Å². The predicted molar refractivity (Wildman–Crippen MR) is 59.7 cm³/mol. The van der Waals surface area contributed by atoms with Crippen LogP contribution in [0.25, 0.3) is 0 Å². The molecule has 4 nitrogen and oxygen atoms in total. The molecule has 2 rings (SSSR count). The van der Waals surface area contributed by atoms with Gasteiger partial charge >= 0.3 is 0 Å². The Hall–Kier alpha value is -0.460. The number of halogens is 1. The van der Waals surface area contributed by atoms with Crippen LogP contribution in [0.15, 0.2) is 0 Å². The predicted octanol–water partition coefficient (Wildman–Crippen LogP) is 1.47. The molecule has 14 heavy (non-hydrogen) atoms. The quantitative estimate of drug-likeness (QED) is 0.822. The monoisotopic (exact) mass is 275 g/mol. The van der Waals surface area contributed by atoms with Crippen LogP contribution in [0.4, 0.5) is 5.13 Å². The molecule has 0 atom stereocenters. The number of thiazole rings is 1. The Morgan fingerprint density at radius 2 is 2.50 bits per heavy atom. The summed E-state index contributed by atoms with van der Waals surface area (Å²) in [6.07, 6.45) is 0.489. The van der Waals surface area contributed by atoms with Crippen LogP contribution in [0, 0.1) is 0 Å². The van der Waals surface area contributed by atoms with Crippen molar-refractivity contribution < 1.29 is 4.79 Å². The van der Waals surface area contributed by atoms with Crippen molar-refractivity contribution in [3.05, 3.63) is 10.6 Å². The van der Waals surface area contributed by atoms with Gasteiger partial charge in [-0.1, -0.05) is 15.9 Å². The van der Waals surface area contributed by atoms with E-state index in [1.54, 1.807) is 11.3 Å². The number of anilines is 1. The topological polar surface area (TPSA) is 54.0 Å². The molecule has 0 bridgehead atoms. The molecular weight excluding hydrogens is 266 g/mol. The second kappa shape index (κ2) is 4.37. The summed E-state index contributed by atoms with van der Waals surface area (Å²) in [4.78, 5) is 16.8. The lowest BCUT2D eigenvalue weighted by atomic mass is 10.4. The van der Waals surface area contributed by atoms with Crippen molar-refractivity contribution in [2.45, 2.75) is 19.5 Å². The number of carbonyl (C=O) groups excluding carboxylic acids is 1. The van der Waals surface area contributed by atoms with Gasteiger partial charge < -0.3 is 10.6 Å². The van der Waals surface area contributed by atoms with Crippen molar-refractivity contribution in [3.8, 4) is 0 Å². The number of fused-ring (bicyclic) bond motifs is 1. The fraction of sp³-hybridized carbons (Fsp3) is 0.500. The zero-order chi connectivity index (χ0) is 9.97. The van der Waals surface area contributed by atoms with Gasteiger partial charge in [0.2, 0.25) is 5.91 Å². The molecule has 0 saturated carbocycles. The van der Waals surface area contributed by atoms with Crippen LogP contribution >= 0.6 is 27.3 Å². The number of hydrogen-bond acceptors (Lipinski definition) is 4. The number of alkyl halides is 1. The largest absolute Gasteiger partial charge is 0.306 e. The lowest BCUT2D eigenvalue weighted by Crippen LogP contribution is -2.11. The molecule has 2 N–H and O–H groups in total. The number of nitrogens with one attached hydrogen (secondary N) is 2. The highest BCUT2D eigenvalue weighted by molar-refractivity contribution is 9.09. The molecule has 0 saturated heterocycles. The third-order valence-electron chi connectivity index (χ3n) is 1.92. The smallest absolute Gasteiger partial charge is 0.226 e. The maximum Gasteiger partial charge on any atom is 0.226 e. The second-order valence-electron chi connectivity index (χ2n) is 2.98. The molecule has 1 amide bonds. The summed E-state index contributed by atoms with van der Waals surface area (Å²) < 4.78 is 0. The highest BCUT2D eigenvalue weighted by atomic mass is 79.9. The SMILES string of the molecule is O=C(CCBr)Nc1nc2c(s1)CNC2. The van der Waals surface area contributed by atoms with Crippen LogP contribution in [-0.2, 0) is 17.9 Å². The van der Waals surface area contributed by atoms with Crippen molar-refractivity contribution in [1.82, 2.24) is 10.3 Å². The lowest BCUT2D eigenvalue weighted by Gasteiger charge is -1.98. The Kier molecular flexibility index (Phi) is 3.15. The van der Waals surface area contributed by atoms with Crippen molar-refractivity contribution in [3.63, 3.8) is 0 Å². The first-order valence-electron chi connectivity index (χ1n) is 4.34. The molecule has 0 radical (unpaired) electrons. The maximum atomic E-state index is 11.2. The van der Waals surface area contributed by atoms with Crippen LogP contribution in [-0.4, -0.2) is 16.2 Å².